The summed E-state index contributed by atoms with van der Waals surface area (Å²) in [6, 6.07) is 65.5. The van der Waals surface area contributed by atoms with Crippen LogP contribution in [0.25, 0.3) is 120 Å². The van der Waals surface area contributed by atoms with E-state index >= 15 is 0 Å². The monoisotopic (exact) mass is 686 g/mol. The normalized spacial score (nSPS) is 12.1. The van der Waals surface area contributed by atoms with Crippen LogP contribution in [0.3, 0.4) is 0 Å². The van der Waals surface area contributed by atoms with Gasteiger partial charge in [0, 0.05) is 27.1 Å². The number of furan rings is 2. The average Bonchev–Trinajstić information content (AvgIpc) is 3.81. The molecule has 2 nitrogen and oxygen atoms in total. The highest BCUT2D eigenvalue weighted by atomic mass is 16.3. The predicted octanol–water partition coefficient (Wildman–Crippen LogP) is 15.1. The molecule has 0 spiro atoms. The van der Waals surface area contributed by atoms with Crippen molar-refractivity contribution in [2.24, 2.45) is 0 Å². The second-order valence-electron chi connectivity index (χ2n) is 14.3. The molecule has 0 bridgehead atoms. The molecule has 2 heterocycles. The van der Waals surface area contributed by atoms with Crippen LogP contribution in [-0.2, 0) is 0 Å². The maximum atomic E-state index is 6.84. The van der Waals surface area contributed by atoms with E-state index in [0.717, 1.165) is 55.0 Å². The maximum absolute atomic E-state index is 6.84. The summed E-state index contributed by atoms with van der Waals surface area (Å²) in [6.45, 7) is 0. The molecule has 250 valence electrons. The molecule has 10 aromatic carbocycles. The van der Waals surface area contributed by atoms with E-state index in [1.807, 2.05) is 6.07 Å². The number of fused-ring (bicyclic) bond motifs is 12. The van der Waals surface area contributed by atoms with E-state index in [0.29, 0.717) is 0 Å². The summed E-state index contributed by atoms with van der Waals surface area (Å²) in [5, 5.41) is 14.3. The lowest BCUT2D eigenvalue weighted by Gasteiger charge is -2.18. The topological polar surface area (TPSA) is 26.3 Å². The molecule has 0 aliphatic heterocycles. The van der Waals surface area contributed by atoms with Gasteiger partial charge in [-0.1, -0.05) is 158 Å². The molecule has 0 N–H and O–H groups in total. The molecule has 0 saturated heterocycles. The Morgan fingerprint density at radius 2 is 0.796 bits per heavy atom. The van der Waals surface area contributed by atoms with E-state index < -0.39 is 0 Å². The molecule has 0 unspecified atom stereocenters. The summed E-state index contributed by atoms with van der Waals surface area (Å²) >= 11 is 0. The SMILES string of the molecule is c1ccc2cc(-c3c4ccccc4c(-c4ccc(-c5cc6oc7ccccc7c6c6c5oc5ccc7ccccc7c56)cc4)c4ccccc34)ccc2c1. The minimum absolute atomic E-state index is 0.861. The number of hydrogen-bond donors (Lipinski definition) is 0. The molecule has 12 rings (SSSR count). The highest BCUT2D eigenvalue weighted by Gasteiger charge is 2.23. The molecule has 0 radical (unpaired) electrons. The van der Waals surface area contributed by atoms with Crippen LogP contribution in [0.15, 0.2) is 191 Å². The first-order valence-corrected chi connectivity index (χ1v) is 18.5. The van der Waals surface area contributed by atoms with Gasteiger partial charge in [-0.2, -0.15) is 0 Å². The van der Waals surface area contributed by atoms with Crippen LogP contribution in [0.2, 0.25) is 0 Å². The van der Waals surface area contributed by atoms with Crippen LogP contribution in [0.1, 0.15) is 0 Å². The molecule has 2 aromatic heterocycles. The van der Waals surface area contributed by atoms with Gasteiger partial charge in [-0.25, -0.2) is 0 Å². The van der Waals surface area contributed by atoms with Gasteiger partial charge in [-0.05, 0) is 95.2 Å². The minimum Gasteiger partial charge on any atom is -0.456 e. The smallest absolute Gasteiger partial charge is 0.144 e. The highest BCUT2D eigenvalue weighted by Crippen LogP contribution is 2.48. The van der Waals surface area contributed by atoms with Crippen molar-refractivity contribution in [3.8, 4) is 33.4 Å². The van der Waals surface area contributed by atoms with Gasteiger partial charge in [-0.15, -0.1) is 0 Å². The molecule has 0 aliphatic carbocycles. The van der Waals surface area contributed by atoms with Crippen molar-refractivity contribution in [1.82, 2.24) is 0 Å². The first-order valence-electron chi connectivity index (χ1n) is 18.5. The lowest BCUT2D eigenvalue weighted by atomic mass is 9.85. The number of para-hydroxylation sites is 1. The quantitative estimate of drug-likeness (QED) is 0.173. The standard InChI is InChI=1S/C52H30O2/c1-2-13-35-29-36(26-21-31(35)11-1)48-40-17-7-5-15-38(40)47(39-16-6-8-18-41(39)48)34-24-22-33(23-25-34)43-30-46-50(42-19-9-10-20-44(42)53-46)51-49-37-14-4-3-12-32(37)27-28-45(49)54-52(43)51/h1-30H. The second kappa shape index (κ2) is 11.2. The number of rotatable bonds is 3. The number of hydrogen-bond acceptors (Lipinski definition) is 2. The van der Waals surface area contributed by atoms with Crippen molar-refractivity contribution in [2.75, 3.05) is 0 Å². The molecule has 0 saturated carbocycles. The van der Waals surface area contributed by atoms with E-state index in [1.165, 1.54) is 65.3 Å². The Morgan fingerprint density at radius 3 is 1.52 bits per heavy atom. The van der Waals surface area contributed by atoms with E-state index in [-0.39, 0.29) is 0 Å². The van der Waals surface area contributed by atoms with Crippen LogP contribution in [0, 0.1) is 0 Å². The van der Waals surface area contributed by atoms with Crippen molar-refractivity contribution in [3.05, 3.63) is 182 Å². The lowest BCUT2D eigenvalue weighted by Crippen LogP contribution is -1.91. The van der Waals surface area contributed by atoms with E-state index in [2.05, 4.69) is 176 Å². The Kier molecular flexibility index (Phi) is 6.09. The predicted molar refractivity (Wildman–Crippen MR) is 227 cm³/mol. The van der Waals surface area contributed by atoms with E-state index in [9.17, 15) is 0 Å². The van der Waals surface area contributed by atoms with E-state index in [4.69, 9.17) is 8.83 Å². The van der Waals surface area contributed by atoms with Crippen LogP contribution in [0.4, 0.5) is 0 Å². The number of benzene rings is 10. The van der Waals surface area contributed by atoms with Crippen molar-refractivity contribution in [2.45, 2.75) is 0 Å². The van der Waals surface area contributed by atoms with Crippen LogP contribution < -0.4 is 0 Å². The Morgan fingerprint density at radius 1 is 0.278 bits per heavy atom. The first-order chi connectivity index (χ1) is 26.8. The van der Waals surface area contributed by atoms with Gasteiger partial charge in [0.05, 0.1) is 0 Å². The Balaban J connectivity index is 1.09. The second-order valence-corrected chi connectivity index (χ2v) is 14.3. The van der Waals surface area contributed by atoms with Crippen LogP contribution in [-0.4, -0.2) is 0 Å². The summed E-state index contributed by atoms with van der Waals surface area (Å²) in [7, 11) is 0. The van der Waals surface area contributed by atoms with Gasteiger partial charge in [-0.3, -0.25) is 0 Å². The molecular weight excluding hydrogens is 657 g/mol. The van der Waals surface area contributed by atoms with Crippen molar-refractivity contribution in [3.63, 3.8) is 0 Å². The minimum atomic E-state index is 0.861. The third-order valence-electron chi connectivity index (χ3n) is 11.4. The highest BCUT2D eigenvalue weighted by molar-refractivity contribution is 6.32. The fourth-order valence-electron chi connectivity index (χ4n) is 9.04. The van der Waals surface area contributed by atoms with Crippen LogP contribution >= 0.6 is 0 Å². The molecule has 0 fully saturated rings. The third kappa shape index (κ3) is 4.17. The average molecular weight is 687 g/mol. The Labute approximate surface area is 310 Å². The molecule has 0 aliphatic rings. The van der Waals surface area contributed by atoms with Crippen LogP contribution in [0.5, 0.6) is 0 Å². The summed E-state index contributed by atoms with van der Waals surface area (Å²) in [5.41, 5.74) is 10.5. The Bertz CT molecular complexity index is 3430. The molecule has 2 heteroatoms. The first kappa shape index (κ1) is 29.4. The maximum Gasteiger partial charge on any atom is 0.144 e. The lowest BCUT2D eigenvalue weighted by molar-refractivity contribution is 0.664. The zero-order chi connectivity index (χ0) is 35.3. The van der Waals surface area contributed by atoms with Crippen molar-refractivity contribution < 1.29 is 8.83 Å². The van der Waals surface area contributed by atoms with E-state index in [1.54, 1.807) is 0 Å². The van der Waals surface area contributed by atoms with Gasteiger partial charge in [0.25, 0.3) is 0 Å². The molecule has 0 amide bonds. The third-order valence-corrected chi connectivity index (χ3v) is 11.4. The van der Waals surface area contributed by atoms with Gasteiger partial charge < -0.3 is 8.83 Å². The zero-order valence-corrected chi connectivity index (χ0v) is 29.1. The summed E-state index contributed by atoms with van der Waals surface area (Å²) in [5.74, 6) is 0. The Hall–Kier alpha value is -7.16. The molecule has 0 atom stereocenters. The van der Waals surface area contributed by atoms with Gasteiger partial charge in [0.1, 0.15) is 22.3 Å². The van der Waals surface area contributed by atoms with Gasteiger partial charge >= 0.3 is 0 Å². The van der Waals surface area contributed by atoms with Crippen molar-refractivity contribution in [1.29, 1.82) is 0 Å². The fourth-order valence-corrected chi connectivity index (χ4v) is 9.04. The largest absolute Gasteiger partial charge is 0.456 e. The molecule has 12 aromatic rings. The summed E-state index contributed by atoms with van der Waals surface area (Å²) in [6.07, 6.45) is 0. The van der Waals surface area contributed by atoms with Gasteiger partial charge in [0.15, 0.2) is 0 Å². The molecule has 54 heavy (non-hydrogen) atoms. The van der Waals surface area contributed by atoms with Crippen molar-refractivity contribution >= 4 is 87.0 Å². The molecular formula is C52H30O2. The summed E-state index contributed by atoms with van der Waals surface area (Å²) < 4.78 is 13.4. The summed E-state index contributed by atoms with van der Waals surface area (Å²) in [4.78, 5) is 0. The van der Waals surface area contributed by atoms with Gasteiger partial charge in [0.2, 0.25) is 0 Å². The zero-order valence-electron chi connectivity index (χ0n) is 29.1. The fraction of sp³-hybridized carbons (Fsp3) is 0.